The van der Waals surface area contributed by atoms with Crippen LogP contribution < -0.4 is 0 Å². The number of aromatic amines is 1. The van der Waals surface area contributed by atoms with E-state index in [1.807, 2.05) is 0 Å². The number of nitrogens with zero attached hydrogens (tertiary/aromatic N) is 3. The van der Waals surface area contributed by atoms with Crippen molar-refractivity contribution in [3.05, 3.63) is 17.0 Å². The van der Waals surface area contributed by atoms with Crippen LogP contribution >= 0.6 is 0 Å². The Balaban J connectivity index is 0.000000343. The highest BCUT2D eigenvalue weighted by Crippen LogP contribution is 2.29. The number of aliphatic carboxylic acids is 2. The summed E-state index contributed by atoms with van der Waals surface area (Å²) in [6.45, 7) is 2.95. The molecule has 9 nitrogen and oxygen atoms in total. The Morgan fingerprint density at radius 3 is 1.85 bits per heavy atom. The van der Waals surface area contributed by atoms with Crippen LogP contribution in [-0.4, -0.2) is 81.0 Å². The lowest BCUT2D eigenvalue weighted by Gasteiger charge is -2.26. The molecule has 1 aromatic rings. The number of hydrogen-bond acceptors (Lipinski definition) is 5. The van der Waals surface area contributed by atoms with E-state index in [1.54, 1.807) is 19.0 Å². The van der Waals surface area contributed by atoms with Crippen molar-refractivity contribution in [2.24, 2.45) is 5.92 Å². The van der Waals surface area contributed by atoms with Gasteiger partial charge in [0, 0.05) is 39.3 Å². The standard InChI is InChI=1S/C15H24N4O.2C2HF3O2/c1-18(2)15(20)14-12-9-19(10-13(12)16-17-14)8-11-6-4-3-5-7-11;2*3-2(4,5)1(6)7/h11H,3-10H2,1-2H3,(H,16,17);2*(H,6,7). The summed E-state index contributed by atoms with van der Waals surface area (Å²) in [6, 6.07) is 0. The topological polar surface area (TPSA) is 127 Å². The monoisotopic (exact) mass is 504 g/mol. The molecule has 0 unspecified atom stereocenters. The van der Waals surface area contributed by atoms with Gasteiger partial charge in [0.25, 0.3) is 5.91 Å². The lowest BCUT2D eigenvalue weighted by Crippen LogP contribution is -2.27. The van der Waals surface area contributed by atoms with E-state index in [4.69, 9.17) is 19.8 Å². The predicted octanol–water partition coefficient (Wildman–Crippen LogP) is 3.27. The number of fused-ring (bicyclic) bond motifs is 1. The molecule has 3 N–H and O–H groups in total. The summed E-state index contributed by atoms with van der Waals surface area (Å²) in [5, 5.41) is 21.5. The molecule has 1 saturated carbocycles. The van der Waals surface area contributed by atoms with Crippen LogP contribution in [0.1, 0.15) is 53.8 Å². The summed E-state index contributed by atoms with van der Waals surface area (Å²) < 4.78 is 63.5. The Labute approximate surface area is 190 Å². The molecule has 0 atom stereocenters. The second-order valence-corrected chi connectivity index (χ2v) is 8.01. The maximum atomic E-state index is 12.1. The lowest BCUT2D eigenvalue weighted by atomic mass is 9.89. The van der Waals surface area contributed by atoms with Gasteiger partial charge in [-0.3, -0.25) is 14.8 Å². The molecule has 15 heteroatoms. The normalized spacial score (nSPS) is 16.5. The summed E-state index contributed by atoms with van der Waals surface area (Å²) in [5.74, 6) is -4.67. The molecule has 0 saturated heterocycles. The minimum atomic E-state index is -5.08. The van der Waals surface area contributed by atoms with Crippen molar-refractivity contribution in [3.8, 4) is 0 Å². The van der Waals surface area contributed by atoms with Gasteiger partial charge in [-0.1, -0.05) is 19.3 Å². The number of halogens is 6. The molecule has 1 aliphatic heterocycles. The van der Waals surface area contributed by atoms with Gasteiger partial charge >= 0.3 is 24.3 Å². The third-order valence-corrected chi connectivity index (χ3v) is 5.05. The number of carbonyl (C=O) groups is 3. The van der Waals surface area contributed by atoms with Gasteiger partial charge in [-0.25, -0.2) is 9.59 Å². The van der Waals surface area contributed by atoms with Crippen LogP contribution in [0.5, 0.6) is 0 Å². The Morgan fingerprint density at radius 2 is 1.44 bits per heavy atom. The van der Waals surface area contributed by atoms with Crippen LogP contribution in [0.25, 0.3) is 0 Å². The molecule has 0 bridgehead atoms. The Hall–Kier alpha value is -2.84. The van der Waals surface area contributed by atoms with Gasteiger partial charge in [0.15, 0.2) is 5.69 Å². The van der Waals surface area contributed by atoms with E-state index in [-0.39, 0.29) is 5.91 Å². The first-order valence-corrected chi connectivity index (χ1v) is 10.1. The van der Waals surface area contributed by atoms with Crippen LogP contribution in [-0.2, 0) is 22.7 Å². The fourth-order valence-electron chi connectivity index (χ4n) is 3.46. The number of carboxylic acid groups (broad SMARTS) is 2. The number of nitrogens with one attached hydrogen (secondary N) is 1. The van der Waals surface area contributed by atoms with Gasteiger partial charge in [0.2, 0.25) is 0 Å². The van der Waals surface area contributed by atoms with Gasteiger partial charge in [-0.15, -0.1) is 0 Å². The molecule has 1 aliphatic carbocycles. The van der Waals surface area contributed by atoms with Crippen molar-refractivity contribution < 1.29 is 50.9 Å². The van der Waals surface area contributed by atoms with Gasteiger partial charge in [0.05, 0.1) is 5.69 Å². The first-order valence-electron chi connectivity index (χ1n) is 10.1. The number of carbonyl (C=O) groups excluding carboxylic acids is 1. The van der Waals surface area contributed by atoms with Crippen molar-refractivity contribution >= 4 is 17.8 Å². The Bertz CT molecular complexity index is 823. The molecule has 0 aromatic carbocycles. The molecular weight excluding hydrogens is 478 g/mol. The van der Waals surface area contributed by atoms with Crippen LogP contribution in [0.15, 0.2) is 0 Å². The molecule has 0 radical (unpaired) electrons. The second-order valence-electron chi connectivity index (χ2n) is 8.01. The molecule has 1 aromatic heterocycles. The number of hydrogen-bond donors (Lipinski definition) is 3. The zero-order valence-corrected chi connectivity index (χ0v) is 18.5. The quantitative estimate of drug-likeness (QED) is 0.540. The van der Waals surface area contributed by atoms with Crippen LogP contribution in [0.2, 0.25) is 0 Å². The van der Waals surface area contributed by atoms with Gasteiger partial charge < -0.3 is 15.1 Å². The van der Waals surface area contributed by atoms with E-state index < -0.39 is 24.3 Å². The first kappa shape index (κ1) is 29.2. The van der Waals surface area contributed by atoms with Gasteiger partial charge in [-0.2, -0.15) is 31.4 Å². The minimum absolute atomic E-state index is 0.00187. The number of amides is 1. The fourth-order valence-corrected chi connectivity index (χ4v) is 3.46. The fraction of sp³-hybridized carbons (Fsp3) is 0.684. The maximum Gasteiger partial charge on any atom is 0.490 e. The number of H-pyrrole nitrogens is 1. The maximum absolute atomic E-state index is 12.1. The molecule has 1 amide bonds. The first-order chi connectivity index (χ1) is 15.5. The summed E-state index contributed by atoms with van der Waals surface area (Å²) >= 11 is 0. The summed E-state index contributed by atoms with van der Waals surface area (Å²) in [5.41, 5.74) is 2.85. The third kappa shape index (κ3) is 9.19. The third-order valence-electron chi connectivity index (χ3n) is 5.05. The number of aromatic nitrogens is 2. The zero-order chi connectivity index (χ0) is 26.3. The number of alkyl halides is 6. The Morgan fingerprint density at radius 1 is 0.971 bits per heavy atom. The highest BCUT2D eigenvalue weighted by molar-refractivity contribution is 5.93. The molecular formula is C19H26F6N4O5. The van der Waals surface area contributed by atoms with E-state index in [0.29, 0.717) is 5.69 Å². The second kappa shape index (κ2) is 12.0. The van der Waals surface area contributed by atoms with Crippen molar-refractivity contribution in [3.63, 3.8) is 0 Å². The number of rotatable bonds is 3. The molecule has 0 spiro atoms. The van der Waals surface area contributed by atoms with E-state index in [1.165, 1.54) is 32.1 Å². The zero-order valence-electron chi connectivity index (χ0n) is 18.5. The molecule has 3 rings (SSSR count). The summed E-state index contributed by atoms with van der Waals surface area (Å²) in [4.78, 5) is 33.9. The van der Waals surface area contributed by atoms with Crippen LogP contribution in [0.4, 0.5) is 26.3 Å². The van der Waals surface area contributed by atoms with Crippen molar-refractivity contribution in [1.82, 2.24) is 20.0 Å². The predicted molar refractivity (Wildman–Crippen MR) is 105 cm³/mol. The molecule has 34 heavy (non-hydrogen) atoms. The Kier molecular flexibility index (Phi) is 10.3. The smallest absolute Gasteiger partial charge is 0.475 e. The van der Waals surface area contributed by atoms with E-state index in [0.717, 1.165) is 36.8 Å². The highest BCUT2D eigenvalue weighted by Gasteiger charge is 2.39. The SMILES string of the molecule is CN(C)C(=O)c1n[nH]c2c1CN(CC1CCCCC1)C2.O=C(O)C(F)(F)F.O=C(O)C(F)(F)F. The van der Waals surface area contributed by atoms with Crippen LogP contribution in [0, 0.1) is 5.92 Å². The largest absolute Gasteiger partial charge is 0.490 e. The van der Waals surface area contributed by atoms with E-state index >= 15 is 0 Å². The van der Waals surface area contributed by atoms with Gasteiger partial charge in [0.1, 0.15) is 0 Å². The average molecular weight is 504 g/mol. The molecule has 2 aliphatic rings. The van der Waals surface area contributed by atoms with Crippen molar-refractivity contribution in [2.45, 2.75) is 57.5 Å². The van der Waals surface area contributed by atoms with E-state index in [2.05, 4.69) is 15.1 Å². The lowest BCUT2D eigenvalue weighted by molar-refractivity contribution is -0.193. The van der Waals surface area contributed by atoms with Gasteiger partial charge in [-0.05, 0) is 18.8 Å². The van der Waals surface area contributed by atoms with E-state index in [9.17, 15) is 31.1 Å². The highest BCUT2D eigenvalue weighted by atomic mass is 19.4. The average Bonchev–Trinajstić information content (AvgIpc) is 3.27. The van der Waals surface area contributed by atoms with Crippen LogP contribution in [0.3, 0.4) is 0 Å². The van der Waals surface area contributed by atoms with Crippen molar-refractivity contribution in [1.29, 1.82) is 0 Å². The number of carboxylic acids is 2. The molecule has 1 fully saturated rings. The molecule has 194 valence electrons. The summed E-state index contributed by atoms with van der Waals surface area (Å²) in [6.07, 6.45) is -3.26. The van der Waals surface area contributed by atoms with Crippen molar-refractivity contribution in [2.75, 3.05) is 20.6 Å². The minimum Gasteiger partial charge on any atom is -0.475 e. The molecule has 2 heterocycles. The summed E-state index contributed by atoms with van der Waals surface area (Å²) in [7, 11) is 3.55.